The van der Waals surface area contributed by atoms with Crippen LogP contribution in [0.25, 0.3) is 0 Å². The molecule has 1 N–H and O–H groups in total. The van der Waals surface area contributed by atoms with Gasteiger partial charge in [0.1, 0.15) is 0 Å². The van der Waals surface area contributed by atoms with Crippen molar-refractivity contribution in [2.45, 2.75) is 38.8 Å². The van der Waals surface area contributed by atoms with Crippen LogP contribution in [0.3, 0.4) is 0 Å². The first-order valence-corrected chi connectivity index (χ1v) is 11.7. The molecule has 9 heteroatoms. The number of piperidine rings is 1. The summed E-state index contributed by atoms with van der Waals surface area (Å²) in [7, 11) is 0. The van der Waals surface area contributed by atoms with Gasteiger partial charge in [-0.3, -0.25) is 14.5 Å². The van der Waals surface area contributed by atoms with E-state index in [-0.39, 0.29) is 23.9 Å². The van der Waals surface area contributed by atoms with Gasteiger partial charge in [-0.25, -0.2) is 9.97 Å². The molecule has 8 nitrogen and oxygen atoms in total. The minimum atomic E-state index is -0.142. The molecule has 2 aromatic heterocycles. The minimum absolute atomic E-state index is 0.0148. The molecule has 4 heterocycles. The lowest BCUT2D eigenvalue weighted by atomic mass is 10.0. The summed E-state index contributed by atoms with van der Waals surface area (Å²) in [6.45, 7) is 8.52. The maximum absolute atomic E-state index is 13.1. The number of likely N-dealkylation sites (tertiary alicyclic amines) is 1. The number of nitrogens with zero attached hydrogens (tertiary/aromatic N) is 5. The van der Waals surface area contributed by atoms with Crippen LogP contribution in [0.1, 0.15) is 34.3 Å². The van der Waals surface area contributed by atoms with Gasteiger partial charge in [0, 0.05) is 62.6 Å². The van der Waals surface area contributed by atoms with Crippen LogP contribution in [-0.4, -0.2) is 82.9 Å². The summed E-state index contributed by atoms with van der Waals surface area (Å²) in [6.07, 6.45) is 5.23. The van der Waals surface area contributed by atoms with Gasteiger partial charge in [0.2, 0.25) is 11.9 Å². The maximum atomic E-state index is 13.1. The lowest BCUT2D eigenvalue weighted by Gasteiger charge is -2.40. The molecule has 0 radical (unpaired) electrons. The van der Waals surface area contributed by atoms with Gasteiger partial charge < -0.3 is 15.1 Å². The zero-order chi connectivity index (χ0) is 21.8. The second-order valence-corrected chi connectivity index (χ2v) is 9.52. The molecule has 2 aliphatic heterocycles. The number of carbonyl (C=O) groups is 2. The van der Waals surface area contributed by atoms with Crippen molar-refractivity contribution in [2.75, 3.05) is 44.2 Å². The number of nitrogens with one attached hydrogen (secondary N) is 1. The van der Waals surface area contributed by atoms with Crippen LogP contribution in [0.5, 0.6) is 0 Å². The molecule has 1 atom stereocenters. The summed E-state index contributed by atoms with van der Waals surface area (Å²) in [5.41, 5.74) is 0. The third-order valence-electron chi connectivity index (χ3n) is 6.16. The Morgan fingerprint density at radius 1 is 1.06 bits per heavy atom. The van der Waals surface area contributed by atoms with Gasteiger partial charge in [-0.05, 0) is 44.9 Å². The maximum Gasteiger partial charge on any atom is 0.261 e. The predicted molar refractivity (Wildman–Crippen MR) is 121 cm³/mol. The van der Waals surface area contributed by atoms with E-state index >= 15 is 0 Å². The zero-order valence-corrected chi connectivity index (χ0v) is 19.0. The molecule has 2 amide bonds. The molecule has 0 aliphatic carbocycles. The Balaban J connectivity index is 1.22. The average molecular weight is 443 g/mol. The summed E-state index contributed by atoms with van der Waals surface area (Å²) >= 11 is 1.52. The zero-order valence-electron chi connectivity index (χ0n) is 18.2. The predicted octanol–water partition coefficient (Wildman–Crippen LogP) is 1.78. The van der Waals surface area contributed by atoms with Crippen molar-refractivity contribution in [1.29, 1.82) is 0 Å². The topological polar surface area (TPSA) is 81.7 Å². The molecule has 0 spiro atoms. The molecule has 0 saturated carbocycles. The van der Waals surface area contributed by atoms with Crippen molar-refractivity contribution in [3.8, 4) is 0 Å². The van der Waals surface area contributed by atoms with Crippen LogP contribution in [0.4, 0.5) is 5.95 Å². The molecule has 2 aliphatic rings. The fourth-order valence-electron chi connectivity index (χ4n) is 4.25. The molecule has 31 heavy (non-hydrogen) atoms. The third-order valence-corrected chi connectivity index (χ3v) is 7.16. The number of anilines is 1. The van der Waals surface area contributed by atoms with Gasteiger partial charge in [0.15, 0.2) is 0 Å². The van der Waals surface area contributed by atoms with Crippen LogP contribution in [0.15, 0.2) is 30.6 Å². The quantitative estimate of drug-likeness (QED) is 0.760. The smallest absolute Gasteiger partial charge is 0.261 e. The van der Waals surface area contributed by atoms with Gasteiger partial charge >= 0.3 is 0 Å². The Bertz CT molecular complexity index is 888. The van der Waals surface area contributed by atoms with Crippen molar-refractivity contribution in [2.24, 2.45) is 0 Å². The summed E-state index contributed by atoms with van der Waals surface area (Å²) in [6, 6.07) is 5.69. The summed E-state index contributed by atoms with van der Waals surface area (Å²) < 4.78 is 0. The normalized spacial score (nSPS) is 19.3. The Hall–Kier alpha value is -2.52. The van der Waals surface area contributed by atoms with Crippen LogP contribution >= 0.6 is 11.3 Å². The monoisotopic (exact) mass is 442 g/mol. The fourth-order valence-corrected chi connectivity index (χ4v) is 5.02. The largest absolute Gasteiger partial charge is 0.349 e. The number of carbonyl (C=O) groups excluding carboxylic acids is 2. The number of hydrogen-bond acceptors (Lipinski definition) is 7. The number of piperazine rings is 1. The molecule has 0 bridgehead atoms. The highest BCUT2D eigenvalue weighted by Crippen LogP contribution is 2.19. The van der Waals surface area contributed by atoms with E-state index in [1.165, 1.54) is 11.3 Å². The Morgan fingerprint density at radius 3 is 2.35 bits per heavy atom. The molecule has 1 unspecified atom stereocenters. The van der Waals surface area contributed by atoms with Gasteiger partial charge in [-0.1, -0.05) is 0 Å². The molecule has 4 rings (SSSR count). The van der Waals surface area contributed by atoms with Gasteiger partial charge in [-0.2, -0.15) is 0 Å². The van der Waals surface area contributed by atoms with Gasteiger partial charge in [0.05, 0.1) is 10.9 Å². The number of amides is 2. The second-order valence-electron chi connectivity index (χ2n) is 8.23. The molecule has 166 valence electrons. The van der Waals surface area contributed by atoms with Gasteiger partial charge in [0.25, 0.3) is 5.91 Å². The van der Waals surface area contributed by atoms with Crippen molar-refractivity contribution in [3.05, 3.63) is 40.3 Å². The molecule has 2 saturated heterocycles. The first-order chi connectivity index (χ1) is 15.0. The highest BCUT2D eigenvalue weighted by molar-refractivity contribution is 7.13. The molecular weight excluding hydrogens is 412 g/mol. The van der Waals surface area contributed by atoms with E-state index in [0.29, 0.717) is 13.1 Å². The van der Waals surface area contributed by atoms with Gasteiger partial charge in [-0.15, -0.1) is 11.3 Å². The molecule has 2 fully saturated rings. The van der Waals surface area contributed by atoms with Crippen LogP contribution in [-0.2, 0) is 4.79 Å². The van der Waals surface area contributed by atoms with Crippen LogP contribution in [0, 0.1) is 6.92 Å². The fraction of sp³-hybridized carbons (Fsp3) is 0.545. The number of aromatic nitrogens is 2. The van der Waals surface area contributed by atoms with E-state index < -0.39 is 0 Å². The van der Waals surface area contributed by atoms with Crippen molar-refractivity contribution in [3.63, 3.8) is 0 Å². The second kappa shape index (κ2) is 9.74. The number of aryl methyl sites for hydroxylation is 1. The Labute approximate surface area is 187 Å². The molecule has 0 aromatic carbocycles. The average Bonchev–Trinajstić information content (AvgIpc) is 3.26. The van der Waals surface area contributed by atoms with E-state index in [4.69, 9.17) is 0 Å². The Kier molecular flexibility index (Phi) is 6.82. The SMILES string of the molecule is Cc1ccc(C(=O)NC2CCN(C(C)C(=O)N3CCN(c4ncccn4)CC3)CC2)s1. The lowest BCUT2D eigenvalue weighted by molar-refractivity contribution is -0.137. The van der Waals surface area contributed by atoms with Crippen molar-refractivity contribution >= 4 is 29.1 Å². The first kappa shape index (κ1) is 21.7. The van der Waals surface area contributed by atoms with E-state index in [9.17, 15) is 9.59 Å². The van der Waals surface area contributed by atoms with E-state index in [0.717, 1.165) is 54.7 Å². The summed E-state index contributed by atoms with van der Waals surface area (Å²) in [4.78, 5) is 42.3. The van der Waals surface area contributed by atoms with Crippen molar-refractivity contribution < 1.29 is 9.59 Å². The highest BCUT2D eigenvalue weighted by Gasteiger charge is 2.31. The van der Waals surface area contributed by atoms with Crippen LogP contribution in [0.2, 0.25) is 0 Å². The van der Waals surface area contributed by atoms with E-state index in [1.54, 1.807) is 12.4 Å². The molecular formula is C22H30N6O2S. The van der Waals surface area contributed by atoms with E-state index in [2.05, 4.69) is 25.1 Å². The number of rotatable bonds is 5. The standard InChI is InChI=1S/C22H30N6O2S/c1-16-4-5-19(31-16)20(29)25-18-6-10-26(11-7-18)17(2)21(30)27-12-14-28(15-13-27)22-23-8-3-9-24-22/h3-5,8-9,17-18H,6-7,10-15H2,1-2H3,(H,25,29). The first-order valence-electron chi connectivity index (χ1n) is 10.9. The third kappa shape index (κ3) is 5.22. The minimum Gasteiger partial charge on any atom is -0.349 e. The highest BCUT2D eigenvalue weighted by atomic mass is 32.1. The lowest BCUT2D eigenvalue weighted by Crippen LogP contribution is -2.56. The number of thiophene rings is 1. The van der Waals surface area contributed by atoms with Crippen molar-refractivity contribution in [1.82, 2.24) is 25.1 Å². The molecule has 2 aromatic rings. The summed E-state index contributed by atoms with van der Waals surface area (Å²) in [5.74, 6) is 0.926. The van der Waals surface area contributed by atoms with Crippen LogP contribution < -0.4 is 10.2 Å². The summed E-state index contributed by atoms with van der Waals surface area (Å²) in [5, 5.41) is 3.15. The Morgan fingerprint density at radius 2 is 1.74 bits per heavy atom. The van der Waals surface area contributed by atoms with E-state index in [1.807, 2.05) is 36.9 Å². The number of hydrogen-bond donors (Lipinski definition) is 1.